The molecule has 156 valence electrons. The average molecular weight is 391 g/mol. The fourth-order valence-corrected chi connectivity index (χ4v) is 3.31. The quantitative estimate of drug-likeness (QED) is 0.319. The number of hydrogen-bond donors (Lipinski definition) is 2. The predicted molar refractivity (Wildman–Crippen MR) is 111 cm³/mol. The van der Waals surface area contributed by atoms with E-state index in [0.717, 1.165) is 6.42 Å². The molecule has 0 heterocycles. The van der Waals surface area contributed by atoms with Crippen LogP contribution in [0.5, 0.6) is 0 Å². The Morgan fingerprint density at radius 3 is 2.64 bits per heavy atom. The van der Waals surface area contributed by atoms with E-state index in [4.69, 9.17) is 0 Å². The normalized spacial score (nSPS) is 25.5. The van der Waals surface area contributed by atoms with E-state index in [2.05, 4.69) is 4.74 Å². The summed E-state index contributed by atoms with van der Waals surface area (Å²) in [6, 6.07) is 0. The monoisotopic (exact) mass is 390 g/mol. The van der Waals surface area contributed by atoms with Crippen LogP contribution in [0.4, 0.5) is 0 Å². The Hall–Kier alpha value is -1.98. The first-order chi connectivity index (χ1) is 13.3. The Morgan fingerprint density at radius 1 is 1.25 bits per heavy atom. The number of aliphatic hydroxyl groups is 2. The molecule has 28 heavy (non-hydrogen) atoms. The second-order valence-electron chi connectivity index (χ2n) is 7.46. The van der Waals surface area contributed by atoms with Gasteiger partial charge in [0.15, 0.2) is 0 Å². The highest BCUT2D eigenvalue weighted by atomic mass is 16.5. The fraction of sp³-hybridized carbons (Fsp3) is 0.565. The molecule has 0 aliphatic heterocycles. The van der Waals surface area contributed by atoms with Gasteiger partial charge in [0.1, 0.15) is 5.78 Å². The molecule has 0 aromatic heterocycles. The van der Waals surface area contributed by atoms with E-state index in [9.17, 15) is 19.8 Å². The van der Waals surface area contributed by atoms with Gasteiger partial charge >= 0.3 is 5.97 Å². The van der Waals surface area contributed by atoms with Crippen LogP contribution in [0.15, 0.2) is 48.6 Å². The van der Waals surface area contributed by atoms with Crippen LogP contribution in [0.1, 0.15) is 52.4 Å². The lowest BCUT2D eigenvalue weighted by Gasteiger charge is -2.19. The molecule has 2 N–H and O–H groups in total. The number of carbonyl (C=O) groups is 2. The standard InChI is InChI=1S/C23H34O5/c1-4-5-10-15-23(2,27)16-11-13-19-18(20(24)17-21(19)25)12-8-6-7-9-14-22(26)28-3/h4-7,10-11,13,15,18-19,21,25,27H,8-9,12,14,16-17H2,1-3H3/b5-4+,7-6-,13-11+,15-10+/t18-,19-,21-,23+/m1/s1. The van der Waals surface area contributed by atoms with Gasteiger partial charge < -0.3 is 14.9 Å². The van der Waals surface area contributed by atoms with Crippen molar-refractivity contribution in [2.45, 2.75) is 64.1 Å². The number of methoxy groups -OCH3 is 1. The third-order valence-corrected chi connectivity index (χ3v) is 4.93. The van der Waals surface area contributed by atoms with E-state index in [-0.39, 0.29) is 30.0 Å². The summed E-state index contributed by atoms with van der Waals surface area (Å²) in [5, 5.41) is 20.6. The van der Waals surface area contributed by atoms with E-state index >= 15 is 0 Å². The molecule has 0 amide bonds. The van der Waals surface area contributed by atoms with Crippen molar-refractivity contribution < 1.29 is 24.5 Å². The lowest BCUT2D eigenvalue weighted by molar-refractivity contribution is -0.140. The Labute approximate surface area is 168 Å². The van der Waals surface area contributed by atoms with Crippen molar-refractivity contribution in [3.63, 3.8) is 0 Å². The Bertz CT molecular complexity index is 612. The van der Waals surface area contributed by atoms with Crippen LogP contribution in [-0.4, -0.2) is 40.8 Å². The zero-order valence-corrected chi connectivity index (χ0v) is 17.2. The number of aliphatic hydroxyl groups excluding tert-OH is 1. The second-order valence-corrected chi connectivity index (χ2v) is 7.46. The molecule has 0 bridgehead atoms. The molecular weight excluding hydrogens is 356 g/mol. The van der Waals surface area contributed by atoms with Crippen molar-refractivity contribution in [1.82, 2.24) is 0 Å². The van der Waals surface area contributed by atoms with Crippen LogP contribution in [0.3, 0.4) is 0 Å². The summed E-state index contributed by atoms with van der Waals surface area (Å²) in [7, 11) is 1.37. The lowest BCUT2D eigenvalue weighted by Crippen LogP contribution is -2.21. The number of carbonyl (C=O) groups excluding carboxylic acids is 2. The number of hydrogen-bond acceptors (Lipinski definition) is 5. The van der Waals surface area contributed by atoms with Gasteiger partial charge in [-0.25, -0.2) is 0 Å². The van der Waals surface area contributed by atoms with Gasteiger partial charge in [0.05, 0.1) is 18.8 Å². The van der Waals surface area contributed by atoms with Gasteiger partial charge in [-0.05, 0) is 39.5 Å². The van der Waals surface area contributed by atoms with Crippen LogP contribution >= 0.6 is 0 Å². The van der Waals surface area contributed by atoms with Crippen LogP contribution < -0.4 is 0 Å². The smallest absolute Gasteiger partial charge is 0.305 e. The van der Waals surface area contributed by atoms with Gasteiger partial charge in [0.2, 0.25) is 0 Å². The first-order valence-electron chi connectivity index (χ1n) is 9.93. The molecule has 0 spiro atoms. The predicted octanol–water partition coefficient (Wildman–Crippen LogP) is 3.67. The highest BCUT2D eigenvalue weighted by molar-refractivity contribution is 5.84. The summed E-state index contributed by atoms with van der Waals surface area (Å²) in [6.45, 7) is 3.64. The summed E-state index contributed by atoms with van der Waals surface area (Å²) >= 11 is 0. The summed E-state index contributed by atoms with van der Waals surface area (Å²) in [5.41, 5.74) is -0.971. The summed E-state index contributed by atoms with van der Waals surface area (Å²) in [5.74, 6) is -0.573. The van der Waals surface area contributed by atoms with Gasteiger partial charge in [0, 0.05) is 24.7 Å². The van der Waals surface area contributed by atoms with Crippen molar-refractivity contribution in [3.05, 3.63) is 48.6 Å². The first-order valence-corrected chi connectivity index (χ1v) is 9.93. The molecule has 1 fully saturated rings. The van der Waals surface area contributed by atoms with E-state index < -0.39 is 11.7 Å². The van der Waals surface area contributed by atoms with Gasteiger partial charge in [-0.15, -0.1) is 0 Å². The maximum atomic E-state index is 12.2. The largest absolute Gasteiger partial charge is 0.469 e. The van der Waals surface area contributed by atoms with Gasteiger partial charge in [-0.1, -0.05) is 48.6 Å². The summed E-state index contributed by atoms with van der Waals surface area (Å²) in [6.07, 6.45) is 17.2. The minimum atomic E-state index is -0.971. The molecule has 5 heteroatoms. The van der Waals surface area contributed by atoms with Crippen molar-refractivity contribution in [3.8, 4) is 0 Å². The van der Waals surface area contributed by atoms with Crippen LogP contribution in [-0.2, 0) is 14.3 Å². The minimum absolute atomic E-state index is 0.0878. The van der Waals surface area contributed by atoms with Crippen molar-refractivity contribution in [2.75, 3.05) is 7.11 Å². The summed E-state index contributed by atoms with van der Waals surface area (Å²) in [4.78, 5) is 23.3. The third kappa shape index (κ3) is 8.81. The Balaban J connectivity index is 2.55. The molecule has 1 rings (SSSR count). The van der Waals surface area contributed by atoms with Gasteiger partial charge in [0.25, 0.3) is 0 Å². The number of Topliss-reactive ketones (excluding diaryl/α,β-unsaturated/α-hetero) is 1. The van der Waals surface area contributed by atoms with Gasteiger partial charge in [-0.3, -0.25) is 9.59 Å². The number of ketones is 1. The molecule has 0 saturated heterocycles. The molecule has 0 aromatic carbocycles. The fourth-order valence-electron chi connectivity index (χ4n) is 3.31. The Kier molecular flexibility index (Phi) is 10.7. The van der Waals surface area contributed by atoms with Crippen molar-refractivity contribution >= 4 is 11.8 Å². The maximum absolute atomic E-state index is 12.2. The van der Waals surface area contributed by atoms with Crippen molar-refractivity contribution in [2.24, 2.45) is 11.8 Å². The van der Waals surface area contributed by atoms with E-state index in [1.165, 1.54) is 7.11 Å². The molecule has 5 nitrogen and oxygen atoms in total. The Morgan fingerprint density at radius 2 is 1.96 bits per heavy atom. The van der Waals surface area contributed by atoms with Crippen LogP contribution in [0, 0.1) is 11.8 Å². The molecule has 0 aromatic rings. The first kappa shape index (κ1) is 24.1. The zero-order valence-electron chi connectivity index (χ0n) is 17.2. The van der Waals surface area contributed by atoms with Gasteiger partial charge in [-0.2, -0.15) is 0 Å². The molecular formula is C23H34O5. The number of ether oxygens (including phenoxy) is 1. The number of esters is 1. The zero-order chi connectivity index (χ0) is 21.0. The lowest BCUT2D eigenvalue weighted by atomic mass is 9.88. The minimum Gasteiger partial charge on any atom is -0.469 e. The van der Waals surface area contributed by atoms with E-state index in [1.54, 1.807) is 19.1 Å². The topological polar surface area (TPSA) is 83.8 Å². The number of rotatable bonds is 11. The van der Waals surface area contributed by atoms with Crippen LogP contribution in [0.25, 0.3) is 0 Å². The van der Waals surface area contributed by atoms with E-state index in [0.29, 0.717) is 25.7 Å². The molecule has 0 unspecified atom stereocenters. The highest BCUT2D eigenvalue weighted by Crippen LogP contribution is 2.34. The number of allylic oxidation sites excluding steroid dienone is 5. The summed E-state index contributed by atoms with van der Waals surface area (Å²) < 4.78 is 4.59. The molecule has 1 aliphatic rings. The highest BCUT2D eigenvalue weighted by Gasteiger charge is 2.39. The average Bonchev–Trinajstić information content (AvgIpc) is 2.91. The molecule has 4 atom stereocenters. The maximum Gasteiger partial charge on any atom is 0.305 e. The second kappa shape index (κ2) is 12.5. The molecule has 1 aliphatic carbocycles. The van der Waals surface area contributed by atoms with Crippen LogP contribution in [0.2, 0.25) is 0 Å². The molecule has 0 radical (unpaired) electrons. The van der Waals surface area contributed by atoms with Crippen molar-refractivity contribution in [1.29, 1.82) is 0 Å². The third-order valence-electron chi connectivity index (χ3n) is 4.93. The van der Waals surface area contributed by atoms with E-state index in [1.807, 2.05) is 43.4 Å². The molecule has 1 saturated carbocycles. The SMILES string of the molecule is C/C=C/C=C/[C@](C)(O)C/C=C/[C@H]1[C@H](O)CC(=O)[C@@H]1CC/C=C\CCC(=O)OC.